The van der Waals surface area contributed by atoms with E-state index in [2.05, 4.69) is 9.79 Å². The van der Waals surface area contributed by atoms with Gasteiger partial charge in [0.1, 0.15) is 11.3 Å². The Morgan fingerprint density at radius 2 is 1.78 bits per heavy atom. The van der Waals surface area contributed by atoms with Gasteiger partial charge in [0.05, 0.1) is 11.3 Å². The first-order chi connectivity index (χ1) is 15.3. The van der Waals surface area contributed by atoms with Gasteiger partial charge in [0.25, 0.3) is 5.82 Å². The molecule has 0 bridgehead atoms. The number of esters is 3. The summed E-state index contributed by atoms with van der Waals surface area (Å²) in [5.74, 6) is -1.86. The number of benzene rings is 2. The number of carbonyl (C=O) groups is 3. The smallest absolute Gasteiger partial charge is 0.344 e. The van der Waals surface area contributed by atoms with Crippen LogP contribution in [0.2, 0.25) is 0 Å². The number of thioether (sulfide) groups is 1. The maximum absolute atomic E-state index is 12.2. The summed E-state index contributed by atoms with van der Waals surface area (Å²) < 4.78 is 19.2. The topological polar surface area (TPSA) is 158 Å². The molecule has 0 radical (unpaired) electrons. The van der Waals surface area contributed by atoms with Gasteiger partial charge in [-0.2, -0.15) is 0 Å². The fourth-order valence-corrected chi connectivity index (χ4v) is 3.23. The summed E-state index contributed by atoms with van der Waals surface area (Å²) in [4.78, 5) is 36.4. The molecule has 0 aliphatic carbocycles. The molecule has 2 aromatic carbocycles. The molecule has 1 aromatic heterocycles. The first kappa shape index (κ1) is 22.6. The molecule has 0 aliphatic rings. The van der Waals surface area contributed by atoms with Crippen molar-refractivity contribution >= 4 is 35.5 Å². The molecule has 0 amide bonds. The zero-order chi connectivity index (χ0) is 23.1. The third-order valence-electron chi connectivity index (χ3n) is 3.92. The van der Waals surface area contributed by atoms with E-state index in [0.717, 1.165) is 4.90 Å². The Labute approximate surface area is 185 Å². The minimum Gasteiger partial charge on any atom is -0.426 e. The van der Waals surface area contributed by atoms with Gasteiger partial charge in [-0.15, -0.1) is 11.8 Å². The summed E-state index contributed by atoms with van der Waals surface area (Å²) >= 11 is 1.33. The number of nitrogens with zero attached hydrogens (tertiary/aromatic N) is 2. The molecular weight excluding hydrogens is 442 g/mol. The predicted molar refractivity (Wildman–Crippen MR) is 109 cm³/mol. The molecule has 0 saturated carbocycles. The average molecular weight is 459 g/mol. The molecule has 0 unspecified atom stereocenters. The van der Waals surface area contributed by atoms with Gasteiger partial charge in [-0.1, -0.05) is 17.0 Å². The van der Waals surface area contributed by atoms with Crippen molar-refractivity contribution in [3.63, 3.8) is 0 Å². The number of carbonyl (C=O) groups excluding carboxylic acids is 3. The van der Waals surface area contributed by atoms with Gasteiger partial charge in [-0.05, 0) is 41.6 Å². The zero-order valence-electron chi connectivity index (χ0n) is 16.7. The number of para-hydroxylation sites is 1. The van der Waals surface area contributed by atoms with E-state index >= 15 is 0 Å². The summed E-state index contributed by atoms with van der Waals surface area (Å²) in [6.07, 6.45) is 0. The Balaban J connectivity index is 1.49. The van der Waals surface area contributed by atoms with Crippen molar-refractivity contribution in [3.8, 4) is 5.75 Å². The molecule has 3 rings (SSSR count). The van der Waals surface area contributed by atoms with Crippen LogP contribution < -0.4 is 15.4 Å². The summed E-state index contributed by atoms with van der Waals surface area (Å²) in [7, 11) is 0. The highest BCUT2D eigenvalue weighted by Gasteiger charge is 2.17. The highest BCUT2D eigenvalue weighted by atomic mass is 32.2. The van der Waals surface area contributed by atoms with Crippen molar-refractivity contribution in [2.45, 2.75) is 17.6 Å². The van der Waals surface area contributed by atoms with E-state index in [1.54, 1.807) is 24.3 Å². The number of hydrogen-bond acceptors (Lipinski definition) is 11. The molecule has 0 spiro atoms. The summed E-state index contributed by atoms with van der Waals surface area (Å²) in [5.41, 5.74) is 6.10. The lowest BCUT2D eigenvalue weighted by Gasteiger charge is -2.09. The average Bonchev–Trinajstić information content (AvgIpc) is 3.10. The Morgan fingerprint density at radius 3 is 2.44 bits per heavy atom. The second-order valence-electron chi connectivity index (χ2n) is 6.15. The van der Waals surface area contributed by atoms with Crippen molar-refractivity contribution in [2.75, 3.05) is 12.5 Å². The van der Waals surface area contributed by atoms with E-state index < -0.39 is 24.7 Å². The molecule has 0 fully saturated rings. The highest BCUT2D eigenvalue weighted by molar-refractivity contribution is 7.98. The molecule has 1 heterocycles. The third kappa shape index (κ3) is 5.76. The second kappa shape index (κ2) is 10.3. The van der Waals surface area contributed by atoms with Crippen LogP contribution in [0.3, 0.4) is 0 Å². The van der Waals surface area contributed by atoms with Gasteiger partial charge < -0.3 is 29.8 Å². The number of anilines is 1. The Morgan fingerprint density at radius 1 is 1.09 bits per heavy atom. The molecule has 0 atom stereocenters. The van der Waals surface area contributed by atoms with Crippen molar-refractivity contribution in [1.29, 1.82) is 0 Å². The molecule has 3 aromatic rings. The zero-order valence-corrected chi connectivity index (χ0v) is 17.5. The molecule has 2 N–H and O–H groups in total. The van der Waals surface area contributed by atoms with E-state index in [1.807, 2.05) is 0 Å². The second-order valence-corrected chi connectivity index (χ2v) is 7.20. The van der Waals surface area contributed by atoms with E-state index in [1.165, 1.54) is 43.0 Å². The van der Waals surface area contributed by atoms with Crippen molar-refractivity contribution in [2.24, 2.45) is 0 Å². The Bertz CT molecular complexity index is 1130. The maximum Gasteiger partial charge on any atom is 0.344 e. The molecule has 0 aliphatic heterocycles. The fourth-order valence-electron chi connectivity index (χ4n) is 2.40. The molecule has 32 heavy (non-hydrogen) atoms. The normalized spacial score (nSPS) is 10.4. The van der Waals surface area contributed by atoms with E-state index in [4.69, 9.17) is 19.9 Å². The summed E-state index contributed by atoms with van der Waals surface area (Å²) in [6, 6.07) is 12.4. The maximum atomic E-state index is 12.2. The Kier molecular flexibility index (Phi) is 7.29. The quantitative estimate of drug-likeness (QED) is 0.173. The minimum atomic E-state index is -0.812. The van der Waals surface area contributed by atoms with E-state index in [9.17, 15) is 19.6 Å². The van der Waals surface area contributed by atoms with Crippen LogP contribution in [0, 0.1) is 5.21 Å². The van der Waals surface area contributed by atoms with Gasteiger partial charge in [-0.3, -0.25) is 4.79 Å². The van der Waals surface area contributed by atoms with Crippen molar-refractivity contribution in [1.82, 2.24) is 5.16 Å². The summed E-state index contributed by atoms with van der Waals surface area (Å²) in [5, 5.41) is 14.6. The largest absolute Gasteiger partial charge is 0.426 e. The summed E-state index contributed by atoms with van der Waals surface area (Å²) in [6.45, 7) is 0.585. The number of rotatable bonds is 8. The van der Waals surface area contributed by atoms with Gasteiger partial charge in [0, 0.05) is 11.8 Å². The van der Waals surface area contributed by atoms with E-state index in [-0.39, 0.29) is 27.6 Å². The van der Waals surface area contributed by atoms with Crippen LogP contribution in [0.15, 0.2) is 58.1 Å². The van der Waals surface area contributed by atoms with Crippen LogP contribution in [0.1, 0.15) is 33.3 Å². The van der Waals surface area contributed by atoms with Crippen molar-refractivity contribution in [3.05, 3.63) is 70.6 Å². The van der Waals surface area contributed by atoms with Crippen LogP contribution in [-0.4, -0.2) is 29.9 Å². The molecule has 11 nitrogen and oxygen atoms in total. The number of aromatic nitrogens is 2. The minimum absolute atomic E-state index is 0.0235. The highest BCUT2D eigenvalue weighted by Crippen LogP contribution is 2.24. The third-order valence-corrected chi connectivity index (χ3v) is 4.95. The molecule has 0 saturated heterocycles. The van der Waals surface area contributed by atoms with E-state index in [0.29, 0.717) is 11.4 Å². The van der Waals surface area contributed by atoms with Crippen LogP contribution in [0.4, 0.5) is 5.82 Å². The molecular formula is C20H17N3O8S. The van der Waals surface area contributed by atoms with Crippen LogP contribution in [0.5, 0.6) is 5.75 Å². The van der Waals surface area contributed by atoms with Crippen LogP contribution in [0.25, 0.3) is 0 Å². The fraction of sp³-hybridized carbons (Fsp3) is 0.150. The predicted octanol–water partition coefficient (Wildman–Crippen LogP) is 2.08. The lowest BCUT2D eigenvalue weighted by molar-refractivity contribution is -0.790. The molecule has 12 heteroatoms. The van der Waals surface area contributed by atoms with Crippen molar-refractivity contribution < 1.29 is 38.1 Å². The van der Waals surface area contributed by atoms with Crippen LogP contribution >= 0.6 is 11.8 Å². The van der Waals surface area contributed by atoms with Gasteiger partial charge in [-0.25, -0.2) is 9.59 Å². The number of nitrogen functional groups attached to an aromatic ring is 1. The van der Waals surface area contributed by atoms with Crippen LogP contribution in [-0.2, 0) is 20.0 Å². The first-order valence-corrected chi connectivity index (χ1v) is 10.0. The Hall–Kier alpha value is -4.06. The lowest BCUT2D eigenvalue weighted by Crippen LogP contribution is -2.26. The van der Waals surface area contributed by atoms with Gasteiger partial charge in [0.15, 0.2) is 0 Å². The number of nitrogens with two attached hydrogens (primary N) is 1. The first-order valence-electron chi connectivity index (χ1n) is 9.03. The number of hydrogen-bond donors (Lipinski definition) is 1. The monoisotopic (exact) mass is 459 g/mol. The number of ether oxygens (including phenoxy) is 3. The standard InChI is InChI=1S/C20H17N3O8S/c1-12(24)30-17-5-3-2-4-15(17)20(26)29-11-28-19(25)13-6-8-14(9-7-13)32-10-16-18(21)23(27)31-22-16/h2-9H,10-11,21H2,1H3. The SMILES string of the molecule is CC(=O)Oc1ccccc1C(=O)OCOC(=O)c1ccc(SCc2no[n+]([O-])c2N)cc1. The van der Waals surface area contributed by atoms with Gasteiger partial charge in [0.2, 0.25) is 12.5 Å². The molecule has 166 valence electrons. The van der Waals surface area contributed by atoms with Gasteiger partial charge >= 0.3 is 17.9 Å². The lowest BCUT2D eigenvalue weighted by atomic mass is 10.2.